The van der Waals surface area contributed by atoms with Crippen molar-refractivity contribution in [3.8, 4) is 0 Å². The van der Waals surface area contributed by atoms with Gasteiger partial charge in [-0.15, -0.1) is 0 Å². The maximum Gasteiger partial charge on any atom is 0.244 e. The predicted octanol–water partition coefficient (Wildman–Crippen LogP) is 2.40. The summed E-state index contributed by atoms with van der Waals surface area (Å²) in [4.78, 5) is 10.9. The highest BCUT2D eigenvalue weighted by molar-refractivity contribution is 5.79. The molecule has 0 fully saturated rings. The molecule has 0 aromatic carbocycles. The molecular formula is C9H18NO. The molecule has 0 heterocycles. The Balaban J connectivity index is 3.99. The number of hydrogen-bond donors (Lipinski definition) is 0. The van der Waals surface area contributed by atoms with Crippen molar-refractivity contribution >= 4 is 5.91 Å². The lowest BCUT2D eigenvalue weighted by Gasteiger charge is -2.22. The zero-order valence-corrected chi connectivity index (χ0v) is 7.74. The van der Waals surface area contributed by atoms with Gasteiger partial charge in [-0.2, -0.15) is 0 Å². The van der Waals surface area contributed by atoms with Crippen molar-refractivity contribution in [3.05, 3.63) is 0 Å². The third-order valence-corrected chi connectivity index (χ3v) is 2.41. The van der Waals surface area contributed by atoms with Crippen LogP contribution in [0.25, 0.3) is 0 Å². The molecule has 0 saturated heterocycles. The number of carbonyl (C=O) groups excluding carboxylic acids is 1. The van der Waals surface area contributed by atoms with Crippen LogP contribution in [0.4, 0.5) is 0 Å². The zero-order valence-electron chi connectivity index (χ0n) is 7.74. The molecular weight excluding hydrogens is 138 g/mol. The molecule has 0 saturated carbocycles. The molecule has 0 aliphatic rings. The highest BCUT2D eigenvalue weighted by atomic mass is 16.1. The molecule has 0 aromatic heterocycles. The molecule has 1 unspecified atom stereocenters. The molecule has 1 N–H and O–H groups in total. The zero-order chi connectivity index (χ0) is 8.91. The Morgan fingerprint density at radius 2 is 2.00 bits per heavy atom. The SMILES string of the molecule is CCCCC(C)(CC)C([NH])=O. The molecule has 1 radical (unpaired) electrons. The van der Waals surface area contributed by atoms with Gasteiger partial charge in [0.15, 0.2) is 0 Å². The van der Waals surface area contributed by atoms with E-state index in [2.05, 4.69) is 6.92 Å². The van der Waals surface area contributed by atoms with E-state index in [1.54, 1.807) is 0 Å². The minimum absolute atomic E-state index is 0.379. The lowest BCUT2D eigenvalue weighted by molar-refractivity contribution is -0.128. The number of hydrogen-bond acceptors (Lipinski definition) is 1. The number of amides is 1. The third-order valence-electron chi connectivity index (χ3n) is 2.41. The summed E-state index contributed by atoms with van der Waals surface area (Å²) in [5.41, 5.74) is 6.69. The van der Waals surface area contributed by atoms with Crippen LogP contribution in [-0.4, -0.2) is 5.91 Å². The Morgan fingerprint density at radius 1 is 1.45 bits per heavy atom. The van der Waals surface area contributed by atoms with Crippen LogP contribution in [0.15, 0.2) is 0 Å². The van der Waals surface area contributed by atoms with E-state index in [9.17, 15) is 4.79 Å². The lowest BCUT2D eigenvalue weighted by Crippen LogP contribution is -2.27. The third kappa shape index (κ3) is 2.91. The number of rotatable bonds is 5. The molecule has 0 aliphatic heterocycles. The lowest BCUT2D eigenvalue weighted by atomic mass is 9.82. The fraction of sp³-hybridized carbons (Fsp3) is 0.889. The largest absolute Gasteiger partial charge is 0.273 e. The first-order valence-electron chi connectivity index (χ1n) is 4.33. The first kappa shape index (κ1) is 10.5. The summed E-state index contributed by atoms with van der Waals surface area (Å²) < 4.78 is 0. The number of nitrogens with one attached hydrogen (secondary N) is 1. The first-order valence-corrected chi connectivity index (χ1v) is 4.33. The maximum atomic E-state index is 10.9. The predicted molar refractivity (Wildman–Crippen MR) is 46.0 cm³/mol. The first-order chi connectivity index (χ1) is 5.06. The van der Waals surface area contributed by atoms with Crippen LogP contribution in [0.5, 0.6) is 0 Å². The maximum absolute atomic E-state index is 10.9. The van der Waals surface area contributed by atoms with Crippen LogP contribution in [0.2, 0.25) is 0 Å². The molecule has 1 amide bonds. The van der Waals surface area contributed by atoms with Crippen molar-refractivity contribution < 1.29 is 4.79 Å². The van der Waals surface area contributed by atoms with Crippen LogP contribution in [0.3, 0.4) is 0 Å². The Hall–Kier alpha value is -0.530. The van der Waals surface area contributed by atoms with Gasteiger partial charge in [0.25, 0.3) is 0 Å². The molecule has 0 rings (SSSR count). The fourth-order valence-electron chi connectivity index (χ4n) is 1.02. The van der Waals surface area contributed by atoms with E-state index in [-0.39, 0.29) is 5.41 Å². The summed E-state index contributed by atoms with van der Waals surface area (Å²) in [6.07, 6.45) is 3.80. The summed E-state index contributed by atoms with van der Waals surface area (Å²) >= 11 is 0. The molecule has 65 valence electrons. The van der Waals surface area contributed by atoms with E-state index in [4.69, 9.17) is 5.73 Å². The van der Waals surface area contributed by atoms with Crippen LogP contribution in [0.1, 0.15) is 46.5 Å². The van der Waals surface area contributed by atoms with Gasteiger partial charge in [-0.05, 0) is 12.8 Å². The standard InChI is InChI=1S/C9H18NO/c1-4-6-7-9(3,5-2)8(10)11/h10H,4-7H2,1-3H3. The number of unbranched alkanes of at least 4 members (excludes halogenated alkanes) is 1. The van der Waals surface area contributed by atoms with Gasteiger partial charge >= 0.3 is 0 Å². The second-order valence-corrected chi connectivity index (χ2v) is 3.35. The minimum Gasteiger partial charge on any atom is -0.273 e. The van der Waals surface area contributed by atoms with Crippen LogP contribution < -0.4 is 5.73 Å². The summed E-state index contributed by atoms with van der Waals surface area (Å²) in [5.74, 6) is -0.409. The van der Waals surface area contributed by atoms with Gasteiger partial charge in [0.2, 0.25) is 5.91 Å². The van der Waals surface area contributed by atoms with Gasteiger partial charge in [-0.1, -0.05) is 33.6 Å². The van der Waals surface area contributed by atoms with Crippen LogP contribution >= 0.6 is 0 Å². The highest BCUT2D eigenvalue weighted by Gasteiger charge is 2.28. The van der Waals surface area contributed by atoms with E-state index in [1.165, 1.54) is 0 Å². The van der Waals surface area contributed by atoms with Crippen LogP contribution in [-0.2, 0) is 4.79 Å². The molecule has 0 spiro atoms. The molecule has 2 nitrogen and oxygen atoms in total. The van der Waals surface area contributed by atoms with Gasteiger partial charge in [0, 0.05) is 5.41 Å². The van der Waals surface area contributed by atoms with Crippen molar-refractivity contribution in [2.45, 2.75) is 46.5 Å². The normalized spacial score (nSPS) is 15.9. The summed E-state index contributed by atoms with van der Waals surface area (Å²) in [6, 6.07) is 0. The second kappa shape index (κ2) is 4.37. The monoisotopic (exact) mass is 156 g/mol. The van der Waals surface area contributed by atoms with E-state index < -0.39 is 5.91 Å². The van der Waals surface area contributed by atoms with Crippen molar-refractivity contribution in [1.29, 1.82) is 0 Å². The Kier molecular flexibility index (Phi) is 4.16. The average molecular weight is 156 g/mol. The van der Waals surface area contributed by atoms with E-state index in [0.717, 1.165) is 25.7 Å². The van der Waals surface area contributed by atoms with E-state index in [0.29, 0.717) is 0 Å². The topological polar surface area (TPSA) is 40.9 Å². The van der Waals surface area contributed by atoms with Crippen molar-refractivity contribution in [2.75, 3.05) is 0 Å². The van der Waals surface area contributed by atoms with E-state index in [1.807, 2.05) is 13.8 Å². The van der Waals surface area contributed by atoms with Crippen LogP contribution in [0, 0.1) is 5.41 Å². The number of carbonyl (C=O) groups is 1. The smallest absolute Gasteiger partial charge is 0.244 e. The fourth-order valence-corrected chi connectivity index (χ4v) is 1.02. The summed E-state index contributed by atoms with van der Waals surface area (Å²) in [5, 5.41) is 0. The van der Waals surface area contributed by atoms with Crippen molar-refractivity contribution in [2.24, 2.45) is 5.41 Å². The average Bonchev–Trinajstić information content (AvgIpc) is 2.00. The molecule has 0 aliphatic carbocycles. The summed E-state index contributed by atoms with van der Waals surface area (Å²) in [7, 11) is 0. The second-order valence-electron chi connectivity index (χ2n) is 3.35. The van der Waals surface area contributed by atoms with E-state index >= 15 is 0 Å². The summed E-state index contributed by atoms with van der Waals surface area (Å²) in [6.45, 7) is 5.96. The van der Waals surface area contributed by atoms with Gasteiger partial charge in [-0.25, -0.2) is 0 Å². The van der Waals surface area contributed by atoms with Gasteiger partial charge in [0.05, 0.1) is 0 Å². The molecule has 0 bridgehead atoms. The minimum atomic E-state index is -0.409. The molecule has 11 heavy (non-hydrogen) atoms. The molecule has 1 atom stereocenters. The molecule has 2 heteroatoms. The van der Waals surface area contributed by atoms with Gasteiger partial charge in [-0.3, -0.25) is 10.5 Å². The Morgan fingerprint density at radius 3 is 2.27 bits per heavy atom. The quantitative estimate of drug-likeness (QED) is 0.602. The van der Waals surface area contributed by atoms with Crippen molar-refractivity contribution in [3.63, 3.8) is 0 Å². The Labute approximate surface area is 69.2 Å². The molecule has 0 aromatic rings. The Bertz CT molecular complexity index is 134. The van der Waals surface area contributed by atoms with Crippen molar-refractivity contribution in [1.82, 2.24) is 5.73 Å². The van der Waals surface area contributed by atoms with Gasteiger partial charge in [0.1, 0.15) is 0 Å². The van der Waals surface area contributed by atoms with Gasteiger partial charge < -0.3 is 0 Å². The highest BCUT2D eigenvalue weighted by Crippen LogP contribution is 2.27.